The van der Waals surface area contributed by atoms with Gasteiger partial charge in [-0.1, -0.05) is 0 Å². The first-order valence-corrected chi connectivity index (χ1v) is 3.63. The van der Waals surface area contributed by atoms with Crippen molar-refractivity contribution in [1.29, 1.82) is 0 Å². The molecule has 0 spiro atoms. The van der Waals surface area contributed by atoms with E-state index in [1.807, 2.05) is 0 Å². The molecule has 0 atom stereocenters. The van der Waals surface area contributed by atoms with Gasteiger partial charge < -0.3 is 5.32 Å². The van der Waals surface area contributed by atoms with Gasteiger partial charge in [0.05, 0.1) is 10.6 Å². The fourth-order valence-corrected chi connectivity index (χ4v) is 1.46. The summed E-state index contributed by atoms with van der Waals surface area (Å²) in [5.74, 6) is 0. The first kappa shape index (κ1) is 5.38. The van der Waals surface area contributed by atoms with Gasteiger partial charge in [0, 0.05) is 13.0 Å². The van der Waals surface area contributed by atoms with E-state index >= 15 is 0 Å². The van der Waals surface area contributed by atoms with E-state index in [4.69, 9.17) is 0 Å². The van der Waals surface area contributed by atoms with Crippen molar-refractivity contribution in [2.75, 3.05) is 6.54 Å². The van der Waals surface area contributed by atoms with Crippen LogP contribution in [-0.4, -0.2) is 11.5 Å². The molecule has 1 aliphatic rings. The van der Waals surface area contributed by atoms with Gasteiger partial charge in [-0.05, 0) is 0 Å². The summed E-state index contributed by atoms with van der Waals surface area (Å²) in [5, 5.41) is 3.03. The highest BCUT2D eigenvalue weighted by atomic mass is 32.1. The molecular weight excluding hydrogens is 132 g/mol. The zero-order valence-corrected chi connectivity index (χ0v) is 5.59. The molecule has 0 unspecified atom stereocenters. The van der Waals surface area contributed by atoms with Crippen LogP contribution in [0.5, 0.6) is 0 Å². The summed E-state index contributed by atoms with van der Waals surface area (Å²) in [4.78, 5) is 5.16. The van der Waals surface area contributed by atoms with Crippen molar-refractivity contribution in [2.24, 2.45) is 0 Å². The smallest absolute Gasteiger partial charge is 0.152 e. The van der Waals surface area contributed by atoms with Gasteiger partial charge >= 0.3 is 0 Å². The highest BCUT2D eigenvalue weighted by molar-refractivity contribution is 7.09. The van der Waals surface area contributed by atoms with E-state index in [0.717, 1.165) is 23.5 Å². The molecule has 3 radical (unpaired) electrons. The summed E-state index contributed by atoms with van der Waals surface area (Å²) in [6.45, 7) is 3.98. The van der Waals surface area contributed by atoms with Crippen LogP contribution >= 0.6 is 11.3 Å². The predicted molar refractivity (Wildman–Crippen MR) is 35.0 cm³/mol. The lowest BCUT2D eigenvalue weighted by molar-refractivity contribution is 0.745. The number of hydrogen-bond acceptors (Lipinski definition) is 3. The number of rotatable bonds is 0. The summed E-state index contributed by atoms with van der Waals surface area (Å²) in [5.41, 5.74) is 3.97. The third-order valence-corrected chi connectivity index (χ3v) is 2.00. The van der Waals surface area contributed by atoms with Gasteiger partial charge in [0.2, 0.25) is 0 Å². The van der Waals surface area contributed by atoms with Gasteiger partial charge in [0.1, 0.15) is 6.54 Å². The van der Waals surface area contributed by atoms with E-state index in [2.05, 4.69) is 22.4 Å². The van der Waals surface area contributed by atoms with E-state index in [1.165, 1.54) is 11.3 Å². The Labute approximate surface area is 57.9 Å². The van der Waals surface area contributed by atoms with E-state index in [-0.39, 0.29) is 0 Å². The summed E-state index contributed by atoms with van der Waals surface area (Å²) in [6, 6.07) is 0. The SMILES string of the molecule is [C]1NCCc2n[c]sc21. The molecule has 0 aromatic carbocycles. The highest BCUT2D eigenvalue weighted by Crippen LogP contribution is 2.16. The van der Waals surface area contributed by atoms with Crippen LogP contribution in [0.1, 0.15) is 10.6 Å². The summed E-state index contributed by atoms with van der Waals surface area (Å²) >= 11 is 1.52. The molecule has 2 rings (SSSR count). The third kappa shape index (κ3) is 0.862. The lowest BCUT2D eigenvalue weighted by atomic mass is 10.2. The number of nitrogens with zero attached hydrogens (tertiary/aromatic N) is 1. The highest BCUT2D eigenvalue weighted by Gasteiger charge is 2.10. The minimum atomic E-state index is 0.963. The van der Waals surface area contributed by atoms with Crippen LogP contribution in [0, 0.1) is 12.1 Å². The van der Waals surface area contributed by atoms with Crippen molar-refractivity contribution < 1.29 is 0 Å². The molecule has 0 amide bonds. The topological polar surface area (TPSA) is 24.9 Å². The summed E-state index contributed by atoms with van der Waals surface area (Å²) in [7, 11) is 0. The van der Waals surface area contributed by atoms with E-state index in [9.17, 15) is 0 Å². The fourth-order valence-electron chi connectivity index (χ4n) is 0.824. The predicted octanol–water partition coefficient (Wildman–Crippen LogP) is 0.476. The second-order valence-corrected chi connectivity index (χ2v) is 2.68. The standard InChI is InChI=1S/C6H5N2S/c1-2-7-3-6-5(1)8-4-9-6/h7H,1-2H2. The first-order valence-electron chi connectivity index (χ1n) is 2.81. The van der Waals surface area contributed by atoms with Gasteiger partial charge in [-0.15, -0.1) is 11.3 Å². The molecule has 0 aliphatic carbocycles. The van der Waals surface area contributed by atoms with Crippen molar-refractivity contribution in [3.63, 3.8) is 0 Å². The zero-order chi connectivity index (χ0) is 6.10. The van der Waals surface area contributed by atoms with Crippen LogP contribution in [0.15, 0.2) is 0 Å². The molecule has 2 heterocycles. The van der Waals surface area contributed by atoms with Gasteiger partial charge in [0.15, 0.2) is 5.51 Å². The van der Waals surface area contributed by atoms with Crippen LogP contribution in [0.4, 0.5) is 0 Å². The van der Waals surface area contributed by atoms with Crippen molar-refractivity contribution in [2.45, 2.75) is 6.42 Å². The van der Waals surface area contributed by atoms with Crippen LogP contribution in [0.3, 0.4) is 0 Å². The van der Waals surface area contributed by atoms with E-state index < -0.39 is 0 Å². The number of fused-ring (bicyclic) bond motifs is 1. The molecule has 1 N–H and O–H groups in total. The maximum Gasteiger partial charge on any atom is 0.152 e. The number of thiazole rings is 1. The maximum absolute atomic E-state index is 4.05. The molecule has 0 fully saturated rings. The molecule has 3 heteroatoms. The van der Waals surface area contributed by atoms with Crippen LogP contribution in [0.2, 0.25) is 0 Å². The second-order valence-electron chi connectivity index (χ2n) is 1.88. The summed E-state index contributed by atoms with van der Waals surface area (Å²) < 4.78 is 0. The van der Waals surface area contributed by atoms with Crippen molar-refractivity contribution >= 4 is 11.3 Å². The van der Waals surface area contributed by atoms with Gasteiger partial charge in [-0.2, -0.15) is 0 Å². The maximum atomic E-state index is 4.05. The second kappa shape index (κ2) is 2.08. The lowest BCUT2D eigenvalue weighted by Crippen LogP contribution is -2.20. The number of nitrogens with one attached hydrogen (secondary N) is 1. The van der Waals surface area contributed by atoms with Crippen LogP contribution in [-0.2, 0) is 6.42 Å². The molecule has 0 saturated carbocycles. The minimum absolute atomic E-state index is 0.963. The lowest BCUT2D eigenvalue weighted by Gasteiger charge is -2.07. The Morgan fingerprint density at radius 3 is 3.56 bits per heavy atom. The quantitative estimate of drug-likeness (QED) is 0.562. The Hall–Kier alpha value is -0.410. The van der Waals surface area contributed by atoms with Crippen molar-refractivity contribution in [3.8, 4) is 0 Å². The Bertz CT molecular complexity index is 186. The minimum Gasteiger partial charge on any atom is -0.302 e. The largest absolute Gasteiger partial charge is 0.302 e. The van der Waals surface area contributed by atoms with Crippen molar-refractivity contribution in [3.05, 3.63) is 22.6 Å². The number of aromatic nitrogens is 1. The van der Waals surface area contributed by atoms with E-state index in [1.54, 1.807) is 0 Å². The van der Waals surface area contributed by atoms with Gasteiger partial charge in [-0.3, -0.25) is 0 Å². The summed E-state index contributed by atoms with van der Waals surface area (Å²) in [6.07, 6.45) is 1.02. The zero-order valence-electron chi connectivity index (χ0n) is 4.77. The molecule has 1 aliphatic heterocycles. The molecule has 2 nitrogen and oxygen atoms in total. The van der Waals surface area contributed by atoms with Gasteiger partial charge in [0.25, 0.3) is 0 Å². The molecule has 9 heavy (non-hydrogen) atoms. The van der Waals surface area contributed by atoms with Crippen molar-refractivity contribution in [1.82, 2.24) is 10.3 Å². The van der Waals surface area contributed by atoms with Crippen LogP contribution in [0.25, 0.3) is 0 Å². The Kier molecular flexibility index (Phi) is 1.24. The first-order chi connectivity index (χ1) is 4.47. The van der Waals surface area contributed by atoms with Crippen LogP contribution < -0.4 is 5.32 Å². The third-order valence-electron chi connectivity index (χ3n) is 1.28. The average molecular weight is 137 g/mol. The number of hydrogen-bond donors (Lipinski definition) is 1. The molecule has 0 bridgehead atoms. The monoisotopic (exact) mass is 137 g/mol. The molecular formula is C6H5N2S. The Morgan fingerprint density at radius 2 is 2.67 bits per heavy atom. The fraction of sp³-hybridized carbons (Fsp3) is 0.333. The Balaban J connectivity index is 2.39. The van der Waals surface area contributed by atoms with E-state index in [0.29, 0.717) is 0 Å². The molecule has 1 aromatic rings. The molecule has 0 saturated heterocycles. The Morgan fingerprint density at radius 1 is 1.67 bits per heavy atom. The molecule has 1 aromatic heterocycles. The van der Waals surface area contributed by atoms with Gasteiger partial charge in [-0.25, -0.2) is 4.98 Å². The average Bonchev–Trinajstić information content (AvgIpc) is 2.33. The molecule has 45 valence electrons. The normalized spacial score (nSPS) is 17.3.